The molecule has 0 atom stereocenters. The van der Waals surface area contributed by atoms with E-state index in [9.17, 15) is 4.79 Å². The Morgan fingerprint density at radius 3 is 2.78 bits per heavy atom. The number of hydrogen-bond acceptors (Lipinski definition) is 4. The molecular weight excluding hydrogens is 340 g/mol. The number of benzene rings is 2. The highest BCUT2D eigenvalue weighted by Crippen LogP contribution is 2.36. The number of ether oxygens (including phenoxy) is 2. The highest BCUT2D eigenvalue weighted by Gasteiger charge is 2.20. The van der Waals surface area contributed by atoms with E-state index < -0.39 is 0 Å². The van der Waals surface area contributed by atoms with Gasteiger partial charge in [0.15, 0.2) is 11.5 Å². The van der Waals surface area contributed by atoms with E-state index in [-0.39, 0.29) is 5.91 Å². The molecule has 2 aromatic carbocycles. The SMILES string of the molecule is Cc1ccccc1CNC(=O)/C=C1\NCCc2cc3c(cc21)OCCCO3. The summed E-state index contributed by atoms with van der Waals surface area (Å²) in [6, 6.07) is 12.1. The first-order chi connectivity index (χ1) is 13.2. The molecule has 1 amide bonds. The first-order valence-corrected chi connectivity index (χ1v) is 9.41. The van der Waals surface area contributed by atoms with Crippen LogP contribution in [0.15, 0.2) is 42.5 Å². The molecule has 140 valence electrons. The minimum atomic E-state index is -0.110. The molecule has 0 saturated heterocycles. The minimum Gasteiger partial charge on any atom is -0.490 e. The van der Waals surface area contributed by atoms with Crippen LogP contribution in [0.25, 0.3) is 5.70 Å². The van der Waals surface area contributed by atoms with Crippen LogP contribution in [0.4, 0.5) is 0 Å². The van der Waals surface area contributed by atoms with Gasteiger partial charge in [0.25, 0.3) is 0 Å². The number of nitrogens with one attached hydrogen (secondary N) is 2. The van der Waals surface area contributed by atoms with E-state index in [1.807, 2.05) is 37.3 Å². The summed E-state index contributed by atoms with van der Waals surface area (Å²) in [7, 11) is 0. The summed E-state index contributed by atoms with van der Waals surface area (Å²) in [6.45, 7) is 4.68. The molecule has 4 rings (SSSR count). The van der Waals surface area contributed by atoms with Gasteiger partial charge in [-0.2, -0.15) is 0 Å². The summed E-state index contributed by atoms with van der Waals surface area (Å²) >= 11 is 0. The Labute approximate surface area is 159 Å². The fraction of sp³-hybridized carbons (Fsp3) is 0.318. The van der Waals surface area contributed by atoms with Crippen molar-refractivity contribution in [2.24, 2.45) is 0 Å². The van der Waals surface area contributed by atoms with Gasteiger partial charge in [0.05, 0.1) is 13.2 Å². The Bertz CT molecular complexity index is 889. The number of aryl methyl sites for hydroxylation is 1. The van der Waals surface area contributed by atoms with Crippen molar-refractivity contribution in [2.75, 3.05) is 19.8 Å². The lowest BCUT2D eigenvalue weighted by Gasteiger charge is -2.23. The van der Waals surface area contributed by atoms with Crippen LogP contribution in [0.5, 0.6) is 11.5 Å². The third-order valence-corrected chi connectivity index (χ3v) is 4.96. The predicted octanol–water partition coefficient (Wildman–Crippen LogP) is 2.96. The lowest BCUT2D eigenvalue weighted by atomic mass is 9.96. The number of carbonyl (C=O) groups excluding carboxylic acids is 1. The maximum absolute atomic E-state index is 12.5. The average Bonchev–Trinajstić information content (AvgIpc) is 2.91. The summed E-state index contributed by atoms with van der Waals surface area (Å²) < 4.78 is 11.6. The molecule has 0 unspecified atom stereocenters. The first-order valence-electron chi connectivity index (χ1n) is 9.41. The lowest BCUT2D eigenvalue weighted by Crippen LogP contribution is -2.27. The maximum Gasteiger partial charge on any atom is 0.246 e. The van der Waals surface area contributed by atoms with Crippen molar-refractivity contribution in [3.8, 4) is 11.5 Å². The Kier molecular flexibility index (Phi) is 5.01. The maximum atomic E-state index is 12.5. The van der Waals surface area contributed by atoms with Gasteiger partial charge < -0.3 is 20.1 Å². The zero-order chi connectivity index (χ0) is 18.6. The summed E-state index contributed by atoms with van der Waals surface area (Å²) in [6.07, 6.45) is 3.41. The topological polar surface area (TPSA) is 59.6 Å². The molecule has 0 saturated carbocycles. The molecule has 0 bridgehead atoms. The van der Waals surface area contributed by atoms with Gasteiger partial charge in [-0.05, 0) is 42.2 Å². The smallest absolute Gasteiger partial charge is 0.246 e. The van der Waals surface area contributed by atoms with Crippen LogP contribution in [0.2, 0.25) is 0 Å². The molecule has 2 aliphatic rings. The number of fused-ring (bicyclic) bond motifs is 2. The Morgan fingerprint density at radius 1 is 1.19 bits per heavy atom. The molecule has 0 aromatic heterocycles. The molecule has 0 fully saturated rings. The normalized spacial score (nSPS) is 16.9. The standard InChI is InChI=1S/C22H24N2O3/c1-15-5-2-3-6-17(15)14-24-22(25)13-19-18-12-21-20(26-9-4-10-27-21)11-16(18)7-8-23-19/h2-3,5-6,11-13,23H,4,7-10,14H2,1H3,(H,24,25)/b19-13-. The second-order valence-electron chi connectivity index (χ2n) is 6.89. The Morgan fingerprint density at radius 2 is 1.96 bits per heavy atom. The number of amides is 1. The molecule has 2 aliphatic heterocycles. The molecule has 27 heavy (non-hydrogen) atoms. The van der Waals surface area contributed by atoms with Gasteiger partial charge in [0.1, 0.15) is 0 Å². The van der Waals surface area contributed by atoms with Crippen molar-refractivity contribution in [3.63, 3.8) is 0 Å². The molecule has 0 radical (unpaired) electrons. The Balaban J connectivity index is 1.53. The highest BCUT2D eigenvalue weighted by atomic mass is 16.5. The van der Waals surface area contributed by atoms with Gasteiger partial charge in [-0.1, -0.05) is 24.3 Å². The first kappa shape index (κ1) is 17.5. The molecule has 0 spiro atoms. The third kappa shape index (κ3) is 3.92. The fourth-order valence-electron chi connectivity index (χ4n) is 3.44. The van der Waals surface area contributed by atoms with Crippen LogP contribution < -0.4 is 20.1 Å². The molecular formula is C22H24N2O3. The van der Waals surface area contributed by atoms with E-state index in [2.05, 4.69) is 16.7 Å². The van der Waals surface area contributed by atoms with Crippen LogP contribution in [-0.2, 0) is 17.8 Å². The second kappa shape index (κ2) is 7.74. The van der Waals surface area contributed by atoms with E-state index >= 15 is 0 Å². The summed E-state index contributed by atoms with van der Waals surface area (Å²) in [5, 5.41) is 6.32. The Hall–Kier alpha value is -2.95. The van der Waals surface area contributed by atoms with Gasteiger partial charge in [0, 0.05) is 36.8 Å². The van der Waals surface area contributed by atoms with E-state index in [1.54, 1.807) is 6.08 Å². The van der Waals surface area contributed by atoms with Crippen molar-refractivity contribution in [1.82, 2.24) is 10.6 Å². The van der Waals surface area contributed by atoms with Crippen LogP contribution in [0.1, 0.15) is 28.7 Å². The molecule has 2 N–H and O–H groups in total. The summed E-state index contributed by atoms with van der Waals surface area (Å²) in [5.74, 6) is 1.44. The van der Waals surface area contributed by atoms with Gasteiger partial charge in [-0.25, -0.2) is 0 Å². The number of carbonyl (C=O) groups is 1. The molecule has 5 heteroatoms. The zero-order valence-electron chi connectivity index (χ0n) is 15.5. The highest BCUT2D eigenvalue weighted by molar-refractivity contribution is 5.95. The van der Waals surface area contributed by atoms with Gasteiger partial charge in [-0.3, -0.25) is 4.79 Å². The van der Waals surface area contributed by atoms with E-state index in [0.717, 1.165) is 47.7 Å². The van der Waals surface area contributed by atoms with E-state index in [1.165, 1.54) is 11.1 Å². The summed E-state index contributed by atoms with van der Waals surface area (Å²) in [5.41, 5.74) is 5.31. The quantitative estimate of drug-likeness (QED) is 0.822. The van der Waals surface area contributed by atoms with Crippen molar-refractivity contribution in [3.05, 3.63) is 64.7 Å². The van der Waals surface area contributed by atoms with Crippen molar-refractivity contribution in [1.29, 1.82) is 0 Å². The third-order valence-electron chi connectivity index (χ3n) is 4.96. The molecule has 2 aromatic rings. The largest absolute Gasteiger partial charge is 0.490 e. The monoisotopic (exact) mass is 364 g/mol. The summed E-state index contributed by atoms with van der Waals surface area (Å²) in [4.78, 5) is 12.5. The number of hydrogen-bond donors (Lipinski definition) is 2. The average molecular weight is 364 g/mol. The van der Waals surface area contributed by atoms with Crippen LogP contribution in [0, 0.1) is 6.92 Å². The predicted molar refractivity (Wildman–Crippen MR) is 105 cm³/mol. The lowest BCUT2D eigenvalue weighted by molar-refractivity contribution is -0.116. The van der Waals surface area contributed by atoms with E-state index in [0.29, 0.717) is 19.8 Å². The minimum absolute atomic E-state index is 0.110. The van der Waals surface area contributed by atoms with E-state index in [4.69, 9.17) is 9.47 Å². The van der Waals surface area contributed by atoms with Crippen LogP contribution >= 0.6 is 0 Å². The van der Waals surface area contributed by atoms with Crippen molar-refractivity contribution in [2.45, 2.75) is 26.3 Å². The van der Waals surface area contributed by atoms with Crippen LogP contribution in [0.3, 0.4) is 0 Å². The van der Waals surface area contributed by atoms with Crippen molar-refractivity contribution >= 4 is 11.6 Å². The van der Waals surface area contributed by atoms with Crippen molar-refractivity contribution < 1.29 is 14.3 Å². The zero-order valence-corrected chi connectivity index (χ0v) is 15.5. The van der Waals surface area contributed by atoms with Crippen LogP contribution in [-0.4, -0.2) is 25.7 Å². The van der Waals surface area contributed by atoms with Gasteiger partial charge in [-0.15, -0.1) is 0 Å². The fourth-order valence-corrected chi connectivity index (χ4v) is 3.44. The van der Waals surface area contributed by atoms with Gasteiger partial charge in [0.2, 0.25) is 5.91 Å². The second-order valence-corrected chi connectivity index (χ2v) is 6.89. The van der Waals surface area contributed by atoms with Gasteiger partial charge >= 0.3 is 0 Å². The molecule has 2 heterocycles. The molecule has 5 nitrogen and oxygen atoms in total. The molecule has 0 aliphatic carbocycles. The number of rotatable bonds is 3.